The van der Waals surface area contributed by atoms with E-state index in [-0.39, 0.29) is 11.1 Å². The topological polar surface area (TPSA) is 59.4 Å². The molecular formula is C14H26N4O2. The van der Waals surface area contributed by atoms with Crippen molar-refractivity contribution in [3.63, 3.8) is 0 Å². The highest BCUT2D eigenvalue weighted by molar-refractivity contribution is 5.34. The van der Waals surface area contributed by atoms with E-state index in [0.717, 1.165) is 19.6 Å². The number of ether oxygens (including phenoxy) is 1. The summed E-state index contributed by atoms with van der Waals surface area (Å²) in [6.45, 7) is 9.01. The lowest BCUT2D eigenvalue weighted by molar-refractivity contribution is 0.200. The number of likely N-dealkylation sites (N-methyl/N-ethyl adjacent to an activating group) is 1. The van der Waals surface area contributed by atoms with Gasteiger partial charge in [-0.15, -0.1) is 0 Å². The van der Waals surface area contributed by atoms with Crippen molar-refractivity contribution in [2.24, 2.45) is 0 Å². The fourth-order valence-electron chi connectivity index (χ4n) is 1.84. The first-order valence-electron chi connectivity index (χ1n) is 6.87. The van der Waals surface area contributed by atoms with Gasteiger partial charge in [0.05, 0.1) is 6.61 Å². The third-order valence-electron chi connectivity index (χ3n) is 3.01. The predicted molar refractivity (Wildman–Crippen MR) is 81.5 cm³/mol. The first-order chi connectivity index (χ1) is 9.38. The van der Waals surface area contributed by atoms with E-state index < -0.39 is 0 Å². The van der Waals surface area contributed by atoms with Crippen LogP contribution in [0.2, 0.25) is 0 Å². The van der Waals surface area contributed by atoms with Gasteiger partial charge in [-0.25, -0.2) is 4.98 Å². The highest BCUT2D eigenvalue weighted by Crippen LogP contribution is 2.11. The summed E-state index contributed by atoms with van der Waals surface area (Å²) in [5, 5.41) is 3.25. The van der Waals surface area contributed by atoms with E-state index in [1.807, 2.05) is 32.7 Å². The number of hydrogen-bond acceptors (Lipinski definition) is 5. The van der Waals surface area contributed by atoms with E-state index in [1.54, 1.807) is 24.1 Å². The van der Waals surface area contributed by atoms with Crippen LogP contribution in [0.4, 0.5) is 5.82 Å². The average Bonchev–Trinajstić information content (AvgIpc) is 2.37. The Hall–Kier alpha value is -1.40. The summed E-state index contributed by atoms with van der Waals surface area (Å²) in [4.78, 5) is 18.5. The van der Waals surface area contributed by atoms with Crippen molar-refractivity contribution in [1.29, 1.82) is 0 Å². The number of aromatic nitrogens is 2. The van der Waals surface area contributed by atoms with Crippen molar-refractivity contribution in [2.75, 3.05) is 45.3 Å². The molecule has 1 heterocycles. The normalized spacial score (nSPS) is 11.7. The molecule has 0 spiro atoms. The van der Waals surface area contributed by atoms with Gasteiger partial charge in [-0.3, -0.25) is 4.79 Å². The summed E-state index contributed by atoms with van der Waals surface area (Å²) in [5.41, 5.74) is -0.300. The third-order valence-corrected chi connectivity index (χ3v) is 3.01. The highest BCUT2D eigenvalue weighted by Gasteiger charge is 2.18. The molecule has 0 aliphatic rings. The van der Waals surface area contributed by atoms with Crippen LogP contribution in [0.15, 0.2) is 17.2 Å². The molecule has 0 aliphatic heterocycles. The largest absolute Gasteiger partial charge is 0.383 e. The minimum absolute atomic E-state index is 0.0561. The molecule has 6 heteroatoms. The number of anilines is 1. The second kappa shape index (κ2) is 7.40. The Bertz CT molecular complexity index is 465. The molecule has 0 fully saturated rings. The third kappa shape index (κ3) is 4.61. The summed E-state index contributed by atoms with van der Waals surface area (Å²) in [7, 11) is 3.56. The van der Waals surface area contributed by atoms with E-state index in [4.69, 9.17) is 4.74 Å². The predicted octanol–water partition coefficient (Wildman–Crippen LogP) is 0.671. The summed E-state index contributed by atoms with van der Waals surface area (Å²) in [5.74, 6) is 0.482. The molecule has 0 saturated carbocycles. The molecule has 114 valence electrons. The van der Waals surface area contributed by atoms with Gasteiger partial charge < -0.3 is 19.5 Å². The standard InChI is InChI=1S/C14H26N4O2/c1-14(2,3)18-10-7-16-12(13(18)19)17(4)9-6-15-8-11-20-5/h7,10,15H,6,8-9,11H2,1-5H3. The molecule has 0 aliphatic carbocycles. The summed E-state index contributed by atoms with van der Waals surface area (Å²) >= 11 is 0. The number of methoxy groups -OCH3 is 1. The van der Waals surface area contributed by atoms with Crippen LogP contribution >= 0.6 is 0 Å². The van der Waals surface area contributed by atoms with Crippen LogP contribution < -0.4 is 15.8 Å². The van der Waals surface area contributed by atoms with Gasteiger partial charge in [-0.2, -0.15) is 0 Å². The Labute approximate surface area is 120 Å². The van der Waals surface area contributed by atoms with Crippen LogP contribution in [0.1, 0.15) is 20.8 Å². The van der Waals surface area contributed by atoms with Crippen molar-refractivity contribution in [2.45, 2.75) is 26.3 Å². The number of nitrogens with zero attached hydrogens (tertiary/aromatic N) is 3. The lowest BCUT2D eigenvalue weighted by Gasteiger charge is -2.24. The SMILES string of the molecule is COCCNCCN(C)c1nccn(C(C)(C)C)c1=O. The van der Waals surface area contributed by atoms with E-state index in [0.29, 0.717) is 12.4 Å². The van der Waals surface area contributed by atoms with Crippen molar-refractivity contribution < 1.29 is 4.74 Å². The number of hydrogen-bond donors (Lipinski definition) is 1. The van der Waals surface area contributed by atoms with E-state index in [1.165, 1.54) is 0 Å². The lowest BCUT2D eigenvalue weighted by Crippen LogP contribution is -2.39. The molecule has 1 rings (SSSR count). The Morgan fingerprint density at radius 3 is 2.70 bits per heavy atom. The molecule has 1 aromatic heterocycles. The molecule has 0 bridgehead atoms. The van der Waals surface area contributed by atoms with Gasteiger partial charge in [-0.05, 0) is 20.8 Å². The molecule has 0 aromatic carbocycles. The highest BCUT2D eigenvalue weighted by atomic mass is 16.5. The maximum atomic E-state index is 12.4. The molecule has 0 atom stereocenters. The first-order valence-corrected chi connectivity index (χ1v) is 6.87. The van der Waals surface area contributed by atoms with Crippen LogP contribution in [0.5, 0.6) is 0 Å². The molecule has 1 aromatic rings. The van der Waals surface area contributed by atoms with Gasteiger partial charge in [0, 0.05) is 51.7 Å². The zero-order valence-corrected chi connectivity index (χ0v) is 13.1. The van der Waals surface area contributed by atoms with Crippen LogP contribution in [0.25, 0.3) is 0 Å². The monoisotopic (exact) mass is 282 g/mol. The van der Waals surface area contributed by atoms with Crippen molar-refractivity contribution in [3.8, 4) is 0 Å². The quantitative estimate of drug-likeness (QED) is 0.745. The van der Waals surface area contributed by atoms with Gasteiger partial charge in [0.2, 0.25) is 0 Å². The van der Waals surface area contributed by atoms with Gasteiger partial charge in [-0.1, -0.05) is 0 Å². The van der Waals surface area contributed by atoms with E-state index in [2.05, 4.69) is 10.3 Å². The maximum absolute atomic E-state index is 12.4. The Kier molecular flexibility index (Phi) is 6.16. The summed E-state index contributed by atoms with van der Waals surface area (Å²) in [6, 6.07) is 0. The molecule has 0 radical (unpaired) electrons. The Morgan fingerprint density at radius 2 is 2.10 bits per heavy atom. The first kappa shape index (κ1) is 16.7. The molecule has 6 nitrogen and oxygen atoms in total. The fourth-order valence-corrected chi connectivity index (χ4v) is 1.84. The van der Waals surface area contributed by atoms with Crippen molar-refractivity contribution in [1.82, 2.24) is 14.9 Å². The second-order valence-corrected chi connectivity index (χ2v) is 5.76. The molecule has 20 heavy (non-hydrogen) atoms. The van der Waals surface area contributed by atoms with Crippen molar-refractivity contribution in [3.05, 3.63) is 22.7 Å². The van der Waals surface area contributed by atoms with Gasteiger partial charge in [0.25, 0.3) is 5.56 Å². The number of nitrogens with one attached hydrogen (secondary N) is 1. The number of rotatable bonds is 7. The molecular weight excluding hydrogens is 256 g/mol. The fraction of sp³-hybridized carbons (Fsp3) is 0.714. The van der Waals surface area contributed by atoms with E-state index >= 15 is 0 Å². The maximum Gasteiger partial charge on any atom is 0.293 e. The van der Waals surface area contributed by atoms with Crippen LogP contribution in [-0.4, -0.2) is 49.9 Å². The van der Waals surface area contributed by atoms with Crippen LogP contribution in [0.3, 0.4) is 0 Å². The van der Waals surface area contributed by atoms with Gasteiger partial charge in [0.15, 0.2) is 5.82 Å². The van der Waals surface area contributed by atoms with Gasteiger partial charge >= 0.3 is 0 Å². The van der Waals surface area contributed by atoms with Gasteiger partial charge in [0.1, 0.15) is 0 Å². The van der Waals surface area contributed by atoms with Crippen molar-refractivity contribution >= 4 is 5.82 Å². The molecule has 0 amide bonds. The minimum atomic E-state index is -0.244. The lowest BCUT2D eigenvalue weighted by atomic mass is 10.1. The summed E-state index contributed by atoms with van der Waals surface area (Å²) in [6.07, 6.45) is 3.41. The summed E-state index contributed by atoms with van der Waals surface area (Å²) < 4.78 is 6.68. The smallest absolute Gasteiger partial charge is 0.293 e. The zero-order valence-electron chi connectivity index (χ0n) is 13.1. The molecule has 0 unspecified atom stereocenters. The Balaban J connectivity index is 2.69. The zero-order chi connectivity index (χ0) is 15.2. The Morgan fingerprint density at radius 1 is 1.40 bits per heavy atom. The molecule has 0 saturated heterocycles. The van der Waals surface area contributed by atoms with Crippen LogP contribution in [-0.2, 0) is 10.3 Å². The minimum Gasteiger partial charge on any atom is -0.383 e. The second-order valence-electron chi connectivity index (χ2n) is 5.76. The van der Waals surface area contributed by atoms with Crippen LogP contribution in [0, 0.1) is 0 Å². The van der Waals surface area contributed by atoms with E-state index in [9.17, 15) is 4.79 Å². The average molecular weight is 282 g/mol. The molecule has 1 N–H and O–H groups in total.